The number of fused-ring (bicyclic) bond motifs is 1. The van der Waals surface area contributed by atoms with Crippen molar-refractivity contribution in [2.45, 2.75) is 30.8 Å². The molecule has 0 saturated carbocycles. The zero-order chi connectivity index (χ0) is 27.1. The molecule has 3 atom stereocenters. The summed E-state index contributed by atoms with van der Waals surface area (Å²) in [6.07, 6.45) is 0.164. The SMILES string of the molecule is COC(=O)C1C(C(C)=O)=CS[C@@H]2[C@H](NC(=O)Cc3ccccc3)C(=O)N12.c1ccc(-c2ccccc2)cc1. The first kappa shape index (κ1) is 26.9. The second kappa shape index (κ2) is 12.4. The number of benzene rings is 3. The van der Waals surface area contributed by atoms with Gasteiger partial charge in [-0.2, -0.15) is 0 Å². The highest BCUT2D eigenvalue weighted by atomic mass is 32.2. The molecule has 0 spiro atoms. The van der Waals surface area contributed by atoms with Crippen molar-refractivity contribution < 1.29 is 23.9 Å². The number of Topliss-reactive ketones (excluding diaryl/α,β-unsaturated/α-hetero) is 1. The number of ketones is 1. The zero-order valence-corrected chi connectivity index (χ0v) is 21.9. The van der Waals surface area contributed by atoms with E-state index in [0.717, 1.165) is 5.56 Å². The molecule has 2 aliphatic heterocycles. The Kier molecular flexibility index (Phi) is 8.76. The predicted octanol–water partition coefficient (Wildman–Crippen LogP) is 4.00. The lowest BCUT2D eigenvalue weighted by Crippen LogP contribution is -2.74. The smallest absolute Gasteiger partial charge is 0.333 e. The van der Waals surface area contributed by atoms with Crippen LogP contribution < -0.4 is 5.32 Å². The molecule has 2 heterocycles. The van der Waals surface area contributed by atoms with Gasteiger partial charge < -0.3 is 15.0 Å². The maximum absolute atomic E-state index is 12.5. The van der Waals surface area contributed by atoms with Gasteiger partial charge in [-0.3, -0.25) is 14.4 Å². The van der Waals surface area contributed by atoms with Crippen molar-refractivity contribution in [2.24, 2.45) is 0 Å². The summed E-state index contributed by atoms with van der Waals surface area (Å²) in [6.45, 7) is 1.34. The number of rotatable bonds is 6. The van der Waals surface area contributed by atoms with Gasteiger partial charge in [0.2, 0.25) is 11.8 Å². The molecule has 2 aliphatic rings. The minimum absolute atomic E-state index is 0.164. The summed E-state index contributed by atoms with van der Waals surface area (Å²) >= 11 is 1.24. The molecule has 1 fully saturated rings. The normalized spacial score (nSPS) is 19.5. The standard InChI is InChI=1S/C18H18N2O5S.C12H10/c1-10(21)12-9-26-17-14(16(23)20(17)15(12)18(24)25-2)19-13(22)8-11-6-4-3-5-7-11;1-3-7-11(8-4-1)12-9-5-2-6-10-12/h3-7,9,14-15,17H,8H2,1-2H3,(H,19,22);1-10H/t14-,15?,17-;/m1./s1. The average molecular weight is 529 g/mol. The summed E-state index contributed by atoms with van der Waals surface area (Å²) < 4.78 is 4.74. The van der Waals surface area contributed by atoms with Crippen LogP contribution in [0.25, 0.3) is 11.1 Å². The molecule has 194 valence electrons. The number of carbonyl (C=O) groups is 4. The highest BCUT2D eigenvalue weighted by Crippen LogP contribution is 2.40. The lowest BCUT2D eigenvalue weighted by atomic mass is 9.96. The van der Waals surface area contributed by atoms with Crippen LogP contribution in [0.4, 0.5) is 0 Å². The molecule has 3 aromatic rings. The van der Waals surface area contributed by atoms with E-state index >= 15 is 0 Å². The van der Waals surface area contributed by atoms with Crippen LogP contribution in [0.2, 0.25) is 0 Å². The Bertz CT molecular complexity index is 1290. The molecule has 5 rings (SSSR count). The van der Waals surface area contributed by atoms with E-state index in [1.165, 1.54) is 41.8 Å². The topological polar surface area (TPSA) is 92.8 Å². The van der Waals surface area contributed by atoms with E-state index in [0.29, 0.717) is 0 Å². The van der Waals surface area contributed by atoms with Crippen LogP contribution in [0.5, 0.6) is 0 Å². The fourth-order valence-electron chi connectivity index (χ4n) is 4.29. The maximum Gasteiger partial charge on any atom is 0.333 e. The first-order valence-electron chi connectivity index (χ1n) is 12.1. The molecule has 3 aromatic carbocycles. The van der Waals surface area contributed by atoms with Gasteiger partial charge in [0.1, 0.15) is 11.4 Å². The Morgan fingerprint density at radius 3 is 1.89 bits per heavy atom. The van der Waals surface area contributed by atoms with Gasteiger partial charge >= 0.3 is 5.97 Å². The van der Waals surface area contributed by atoms with Crippen LogP contribution in [-0.4, -0.2) is 53.0 Å². The molecule has 38 heavy (non-hydrogen) atoms. The van der Waals surface area contributed by atoms with Crippen LogP contribution >= 0.6 is 11.8 Å². The number of hydrogen-bond acceptors (Lipinski definition) is 6. The van der Waals surface area contributed by atoms with Gasteiger partial charge in [0.05, 0.1) is 13.5 Å². The van der Waals surface area contributed by atoms with Crippen molar-refractivity contribution in [3.05, 3.63) is 108 Å². The lowest BCUT2D eigenvalue weighted by Gasteiger charge is -2.51. The zero-order valence-electron chi connectivity index (χ0n) is 21.1. The highest BCUT2D eigenvalue weighted by Gasteiger charge is 2.56. The Labute approximate surface area is 225 Å². The molecule has 0 aromatic heterocycles. The highest BCUT2D eigenvalue weighted by molar-refractivity contribution is 8.03. The molecule has 1 unspecified atom stereocenters. The van der Waals surface area contributed by atoms with Gasteiger partial charge in [0, 0.05) is 5.57 Å². The molecule has 2 amide bonds. The molecule has 0 radical (unpaired) electrons. The summed E-state index contributed by atoms with van der Waals surface area (Å²) in [7, 11) is 1.21. The minimum Gasteiger partial charge on any atom is -0.467 e. The second-order valence-corrected chi connectivity index (χ2v) is 9.76. The third-order valence-corrected chi connectivity index (χ3v) is 7.39. The third kappa shape index (κ3) is 6.03. The van der Waals surface area contributed by atoms with Crippen molar-refractivity contribution in [3.63, 3.8) is 0 Å². The lowest BCUT2D eigenvalue weighted by molar-refractivity contribution is -0.162. The van der Waals surface area contributed by atoms with E-state index in [2.05, 4.69) is 53.8 Å². The van der Waals surface area contributed by atoms with Gasteiger partial charge in [-0.15, -0.1) is 11.8 Å². The first-order chi connectivity index (χ1) is 18.4. The summed E-state index contributed by atoms with van der Waals surface area (Å²) in [5.41, 5.74) is 3.62. The molecule has 7 nitrogen and oxygen atoms in total. The Morgan fingerprint density at radius 1 is 0.868 bits per heavy atom. The number of hydrogen-bond donors (Lipinski definition) is 1. The Balaban J connectivity index is 0.000000232. The van der Waals surface area contributed by atoms with Gasteiger partial charge in [0.25, 0.3) is 0 Å². The quantitative estimate of drug-likeness (QED) is 0.384. The van der Waals surface area contributed by atoms with Crippen LogP contribution in [0, 0.1) is 0 Å². The number of nitrogens with zero attached hydrogens (tertiary/aromatic N) is 1. The van der Waals surface area contributed by atoms with Crippen LogP contribution in [0.15, 0.2) is 102 Å². The van der Waals surface area contributed by atoms with Crippen molar-refractivity contribution in [1.29, 1.82) is 0 Å². The second-order valence-electron chi connectivity index (χ2n) is 8.77. The molecular formula is C30H28N2O5S. The van der Waals surface area contributed by atoms with Crippen molar-refractivity contribution >= 4 is 35.3 Å². The number of nitrogens with one attached hydrogen (secondary N) is 1. The molecule has 0 aliphatic carbocycles. The Hall–Kier alpha value is -4.17. The number of β-lactam (4-membered cyclic amide) rings is 1. The summed E-state index contributed by atoms with van der Waals surface area (Å²) in [4.78, 5) is 49.9. The van der Waals surface area contributed by atoms with Crippen molar-refractivity contribution in [3.8, 4) is 11.1 Å². The van der Waals surface area contributed by atoms with Crippen LogP contribution in [0.1, 0.15) is 12.5 Å². The third-order valence-electron chi connectivity index (χ3n) is 6.22. The summed E-state index contributed by atoms with van der Waals surface area (Å²) in [6, 6.07) is 28.2. The summed E-state index contributed by atoms with van der Waals surface area (Å²) in [5, 5.41) is 3.86. The average Bonchev–Trinajstić information content (AvgIpc) is 2.96. The number of amides is 2. The number of esters is 1. The van der Waals surface area contributed by atoms with Crippen molar-refractivity contribution in [1.82, 2.24) is 10.2 Å². The van der Waals surface area contributed by atoms with Gasteiger partial charge in [-0.1, -0.05) is 91.0 Å². The fourth-order valence-corrected chi connectivity index (χ4v) is 5.57. The monoisotopic (exact) mass is 528 g/mol. The number of thioether (sulfide) groups is 1. The number of ether oxygens (including phenoxy) is 1. The first-order valence-corrected chi connectivity index (χ1v) is 13.0. The number of carbonyl (C=O) groups excluding carboxylic acids is 4. The largest absolute Gasteiger partial charge is 0.467 e. The fraction of sp³-hybridized carbons (Fsp3) is 0.200. The molecule has 0 bridgehead atoms. The van der Waals surface area contributed by atoms with E-state index in [1.54, 1.807) is 5.41 Å². The Morgan fingerprint density at radius 2 is 1.39 bits per heavy atom. The van der Waals surface area contributed by atoms with Gasteiger partial charge in [-0.05, 0) is 29.0 Å². The van der Waals surface area contributed by atoms with E-state index in [4.69, 9.17) is 4.74 Å². The molecular weight excluding hydrogens is 500 g/mol. The molecule has 8 heteroatoms. The predicted molar refractivity (Wildman–Crippen MR) is 147 cm³/mol. The minimum atomic E-state index is -1.06. The van der Waals surface area contributed by atoms with Gasteiger partial charge in [-0.25, -0.2) is 4.79 Å². The van der Waals surface area contributed by atoms with Gasteiger partial charge in [0.15, 0.2) is 11.8 Å². The van der Waals surface area contributed by atoms with E-state index < -0.39 is 29.3 Å². The van der Waals surface area contributed by atoms with Crippen LogP contribution in [0.3, 0.4) is 0 Å². The van der Waals surface area contributed by atoms with E-state index in [9.17, 15) is 19.2 Å². The maximum atomic E-state index is 12.5. The van der Waals surface area contributed by atoms with Crippen molar-refractivity contribution in [2.75, 3.05) is 7.11 Å². The number of methoxy groups -OCH3 is 1. The van der Waals surface area contributed by atoms with E-state index in [1.807, 2.05) is 42.5 Å². The molecule has 1 N–H and O–H groups in total. The van der Waals surface area contributed by atoms with E-state index in [-0.39, 0.29) is 23.7 Å². The van der Waals surface area contributed by atoms with Crippen LogP contribution in [-0.2, 0) is 30.3 Å². The molecule has 1 saturated heterocycles. The summed E-state index contributed by atoms with van der Waals surface area (Å²) in [5.74, 6) is -1.63.